The van der Waals surface area contributed by atoms with Crippen LogP contribution in [0.5, 0.6) is 0 Å². The Morgan fingerprint density at radius 2 is 1.82 bits per heavy atom. The molecule has 1 rings (SSSR count). The summed E-state index contributed by atoms with van der Waals surface area (Å²) in [6.07, 6.45) is 0.174. The van der Waals surface area contributed by atoms with Gasteiger partial charge in [0.1, 0.15) is 23.1 Å². The molecule has 0 aliphatic heterocycles. The number of ketones is 1. The molecule has 0 fully saturated rings. The largest absolute Gasteiger partial charge is 0.337 e. The Kier molecular flexibility index (Phi) is 4.56. The summed E-state index contributed by atoms with van der Waals surface area (Å²) in [7, 11) is 0. The number of para-hydroxylation sites is 1. The lowest BCUT2D eigenvalue weighted by Gasteiger charge is -2.08. The second kappa shape index (κ2) is 5.93. The first kappa shape index (κ1) is 13.1. The minimum Gasteiger partial charge on any atom is -0.337 e. The van der Waals surface area contributed by atoms with Gasteiger partial charge in [0.15, 0.2) is 0 Å². The average molecular weight is 242 g/mol. The number of hydrogen-bond acceptors (Lipinski definition) is 2. The van der Waals surface area contributed by atoms with E-state index in [0.29, 0.717) is 0 Å². The smallest absolute Gasteiger partial charge is 0.319 e. The van der Waals surface area contributed by atoms with Crippen molar-refractivity contribution in [3.63, 3.8) is 0 Å². The molecule has 0 saturated carbocycles. The van der Waals surface area contributed by atoms with Crippen LogP contribution in [0.4, 0.5) is 19.3 Å². The van der Waals surface area contributed by atoms with Crippen LogP contribution in [-0.2, 0) is 4.79 Å². The van der Waals surface area contributed by atoms with Gasteiger partial charge >= 0.3 is 6.03 Å². The summed E-state index contributed by atoms with van der Waals surface area (Å²) in [5.41, 5.74) is -0.507. The lowest BCUT2D eigenvalue weighted by molar-refractivity contribution is -0.116. The van der Waals surface area contributed by atoms with Gasteiger partial charge in [-0.15, -0.1) is 0 Å². The van der Waals surface area contributed by atoms with Crippen LogP contribution in [-0.4, -0.2) is 18.4 Å². The standard InChI is InChI=1S/C11H12F2N2O2/c1-7(16)5-6-14-11(17)15-10-8(12)3-2-4-9(10)13/h2-4H,5-6H2,1H3,(H2,14,15,17). The van der Waals surface area contributed by atoms with Gasteiger partial charge in [-0.25, -0.2) is 13.6 Å². The first-order valence-electron chi connectivity index (χ1n) is 4.99. The van der Waals surface area contributed by atoms with Gasteiger partial charge < -0.3 is 10.6 Å². The Hall–Kier alpha value is -1.98. The van der Waals surface area contributed by atoms with Crippen LogP contribution < -0.4 is 10.6 Å². The molecule has 0 unspecified atom stereocenters. The van der Waals surface area contributed by atoms with Crippen LogP contribution in [0.1, 0.15) is 13.3 Å². The highest BCUT2D eigenvalue weighted by molar-refractivity contribution is 5.89. The molecule has 0 atom stereocenters. The third kappa shape index (κ3) is 4.18. The molecule has 6 heteroatoms. The van der Waals surface area contributed by atoms with Crippen molar-refractivity contribution in [2.24, 2.45) is 0 Å². The van der Waals surface area contributed by atoms with Gasteiger partial charge in [-0.05, 0) is 19.1 Å². The fourth-order valence-electron chi connectivity index (χ4n) is 1.13. The molecular weight excluding hydrogens is 230 g/mol. The van der Waals surface area contributed by atoms with E-state index < -0.39 is 23.4 Å². The molecule has 1 aromatic carbocycles. The Morgan fingerprint density at radius 1 is 1.24 bits per heavy atom. The van der Waals surface area contributed by atoms with Gasteiger partial charge in [-0.3, -0.25) is 4.79 Å². The highest BCUT2D eigenvalue weighted by Gasteiger charge is 2.11. The number of urea groups is 1. The van der Waals surface area contributed by atoms with Crippen LogP contribution in [0, 0.1) is 11.6 Å². The summed E-state index contributed by atoms with van der Waals surface area (Å²) in [5.74, 6) is -1.79. The average Bonchev–Trinajstić information content (AvgIpc) is 2.23. The molecule has 0 spiro atoms. The summed E-state index contributed by atoms with van der Waals surface area (Å²) >= 11 is 0. The number of halogens is 2. The van der Waals surface area contributed by atoms with Crippen LogP contribution in [0.15, 0.2) is 18.2 Å². The SMILES string of the molecule is CC(=O)CCNC(=O)Nc1c(F)cccc1F. The lowest BCUT2D eigenvalue weighted by atomic mass is 10.3. The molecule has 92 valence electrons. The van der Waals surface area contributed by atoms with Crippen LogP contribution in [0.2, 0.25) is 0 Å². The minimum absolute atomic E-state index is 0.0811. The molecule has 1 aromatic rings. The van der Waals surface area contributed by atoms with Gasteiger partial charge in [0.05, 0.1) is 0 Å². The van der Waals surface area contributed by atoms with Gasteiger partial charge in [0, 0.05) is 13.0 Å². The predicted octanol–water partition coefficient (Wildman–Crippen LogP) is 2.07. The maximum atomic E-state index is 13.1. The second-order valence-electron chi connectivity index (χ2n) is 3.43. The molecule has 0 aliphatic carbocycles. The zero-order valence-corrected chi connectivity index (χ0v) is 9.22. The van der Waals surface area contributed by atoms with E-state index in [2.05, 4.69) is 5.32 Å². The maximum absolute atomic E-state index is 13.1. The van der Waals surface area contributed by atoms with E-state index in [1.54, 1.807) is 0 Å². The zero-order chi connectivity index (χ0) is 12.8. The van der Waals surface area contributed by atoms with E-state index in [-0.39, 0.29) is 18.7 Å². The van der Waals surface area contributed by atoms with Crippen molar-refractivity contribution < 1.29 is 18.4 Å². The molecule has 0 saturated heterocycles. The van der Waals surface area contributed by atoms with Gasteiger partial charge in [0.25, 0.3) is 0 Å². The van der Waals surface area contributed by atoms with Crippen molar-refractivity contribution >= 4 is 17.5 Å². The van der Waals surface area contributed by atoms with Crippen molar-refractivity contribution in [1.82, 2.24) is 5.32 Å². The van der Waals surface area contributed by atoms with E-state index >= 15 is 0 Å². The van der Waals surface area contributed by atoms with Crippen LogP contribution in [0.25, 0.3) is 0 Å². The quantitative estimate of drug-likeness (QED) is 0.849. The normalized spacial score (nSPS) is 9.82. The minimum atomic E-state index is -0.855. The summed E-state index contributed by atoms with van der Waals surface area (Å²) in [4.78, 5) is 21.8. The van der Waals surface area contributed by atoms with Gasteiger partial charge in [-0.1, -0.05) is 6.07 Å². The monoisotopic (exact) mass is 242 g/mol. The molecule has 0 aromatic heterocycles. The number of hydrogen-bond donors (Lipinski definition) is 2. The number of amides is 2. The maximum Gasteiger partial charge on any atom is 0.319 e. The number of anilines is 1. The second-order valence-corrected chi connectivity index (χ2v) is 3.43. The molecule has 4 nitrogen and oxygen atoms in total. The molecule has 0 heterocycles. The molecule has 2 amide bonds. The van der Waals surface area contributed by atoms with Gasteiger partial charge in [-0.2, -0.15) is 0 Å². The summed E-state index contributed by atoms with van der Waals surface area (Å²) in [6.45, 7) is 1.51. The van der Waals surface area contributed by atoms with E-state index in [1.165, 1.54) is 13.0 Å². The van der Waals surface area contributed by atoms with E-state index in [4.69, 9.17) is 0 Å². The van der Waals surface area contributed by atoms with Crippen molar-refractivity contribution in [3.05, 3.63) is 29.8 Å². The number of rotatable bonds is 4. The predicted molar refractivity (Wildman–Crippen MR) is 58.7 cm³/mol. The molecule has 0 aliphatic rings. The highest BCUT2D eigenvalue weighted by atomic mass is 19.1. The number of benzene rings is 1. The molecule has 17 heavy (non-hydrogen) atoms. The van der Waals surface area contributed by atoms with Crippen molar-refractivity contribution in [3.8, 4) is 0 Å². The van der Waals surface area contributed by atoms with Gasteiger partial charge in [0.2, 0.25) is 0 Å². The highest BCUT2D eigenvalue weighted by Crippen LogP contribution is 2.17. The molecular formula is C11H12F2N2O2. The fourth-order valence-corrected chi connectivity index (χ4v) is 1.13. The van der Waals surface area contributed by atoms with E-state index in [0.717, 1.165) is 12.1 Å². The Morgan fingerprint density at radius 3 is 2.35 bits per heavy atom. The first-order valence-corrected chi connectivity index (χ1v) is 4.99. The van der Waals surface area contributed by atoms with Crippen molar-refractivity contribution in [2.75, 3.05) is 11.9 Å². The lowest BCUT2D eigenvalue weighted by Crippen LogP contribution is -2.31. The van der Waals surface area contributed by atoms with E-state index in [1.807, 2.05) is 5.32 Å². The van der Waals surface area contributed by atoms with Crippen molar-refractivity contribution in [1.29, 1.82) is 0 Å². The topological polar surface area (TPSA) is 58.2 Å². The third-order valence-electron chi connectivity index (χ3n) is 1.96. The first-order chi connectivity index (χ1) is 8.00. The van der Waals surface area contributed by atoms with Crippen molar-refractivity contribution in [2.45, 2.75) is 13.3 Å². The number of Topliss-reactive ketones (excluding diaryl/α,β-unsaturated/α-hetero) is 1. The molecule has 2 N–H and O–H groups in total. The number of carbonyl (C=O) groups is 2. The number of nitrogens with one attached hydrogen (secondary N) is 2. The van der Waals surface area contributed by atoms with Crippen LogP contribution >= 0.6 is 0 Å². The number of carbonyl (C=O) groups excluding carboxylic acids is 2. The Labute approximate surface area is 97.0 Å². The molecule has 0 radical (unpaired) electrons. The summed E-state index contributed by atoms with van der Waals surface area (Å²) in [6, 6.07) is 2.52. The zero-order valence-electron chi connectivity index (χ0n) is 9.22. The Balaban J connectivity index is 2.53. The Bertz CT molecular complexity index is 415. The van der Waals surface area contributed by atoms with E-state index in [9.17, 15) is 18.4 Å². The molecule has 0 bridgehead atoms. The summed E-state index contributed by atoms with van der Waals surface area (Å²) in [5, 5.41) is 4.35. The van der Waals surface area contributed by atoms with Crippen LogP contribution in [0.3, 0.4) is 0 Å². The fraction of sp³-hybridized carbons (Fsp3) is 0.273. The summed E-state index contributed by atoms with van der Waals surface area (Å²) < 4.78 is 26.2. The third-order valence-corrected chi connectivity index (χ3v) is 1.96.